The minimum atomic E-state index is -1.22. The van der Waals surface area contributed by atoms with Crippen LogP contribution in [0.25, 0.3) is 0 Å². The number of carbonyl (C=O) groups excluding carboxylic acids is 2. The number of hydrogen-bond donors (Lipinski definition) is 2. The number of amides is 2. The van der Waals surface area contributed by atoms with Gasteiger partial charge in [-0.2, -0.15) is 0 Å². The number of likely N-dealkylation sites (tertiary alicyclic amines) is 1. The van der Waals surface area contributed by atoms with Gasteiger partial charge in [0.15, 0.2) is 0 Å². The van der Waals surface area contributed by atoms with Crippen molar-refractivity contribution in [1.82, 2.24) is 9.80 Å². The smallest absolute Gasteiger partial charge is 0.310 e. The first kappa shape index (κ1) is 26.2. The number of carboxylic acid groups (broad SMARTS) is 1. The van der Waals surface area contributed by atoms with E-state index in [4.69, 9.17) is 4.74 Å². The highest BCUT2D eigenvalue weighted by Crippen LogP contribution is 2.60. The number of ether oxygens (including phenoxy) is 1. The number of fused-ring (bicyclic) bond motifs is 1. The van der Waals surface area contributed by atoms with Gasteiger partial charge in [0.25, 0.3) is 0 Å². The zero-order valence-corrected chi connectivity index (χ0v) is 21.4. The van der Waals surface area contributed by atoms with Crippen LogP contribution in [0.1, 0.15) is 52.9 Å². The van der Waals surface area contributed by atoms with Crippen molar-refractivity contribution in [2.24, 2.45) is 17.8 Å². The van der Waals surface area contributed by atoms with Crippen molar-refractivity contribution in [3.8, 4) is 0 Å². The van der Waals surface area contributed by atoms with Crippen molar-refractivity contribution in [2.75, 3.05) is 19.7 Å². The monoisotopic (exact) mass is 528 g/mol. The number of hydrogen-bond acceptors (Lipinski definition) is 5. The van der Waals surface area contributed by atoms with Crippen LogP contribution in [0.15, 0.2) is 12.7 Å². The molecule has 0 aliphatic carbocycles. The van der Waals surface area contributed by atoms with Crippen molar-refractivity contribution in [2.45, 2.75) is 81.5 Å². The lowest BCUT2D eigenvalue weighted by Gasteiger charge is -2.39. The molecule has 3 aliphatic heterocycles. The molecule has 186 valence electrons. The molecular weight excluding hydrogens is 492 g/mol. The zero-order valence-electron chi connectivity index (χ0n) is 19.8. The lowest BCUT2D eigenvalue weighted by molar-refractivity contribution is -0.153. The molecule has 0 radical (unpaired) electrons. The highest BCUT2D eigenvalue weighted by atomic mass is 79.9. The standard InChI is InChI=1S/C24H37BrN2O6/c1-5-7-8-10-26(9-6-2)22(30)20-24-12-16(25)19(33-24)17(23(31)32)18(24)21(29)27(20)15(13-28)11-14(3)4/h6,14-20,28H,2,5,7-13H2,1,3-4H3,(H,31,32)/t15-,16?,17+,18-,19+,20+,24-/m1/s1. The second kappa shape index (κ2) is 10.4. The Morgan fingerprint density at radius 2 is 2.09 bits per heavy atom. The van der Waals surface area contributed by atoms with Gasteiger partial charge in [-0.15, -0.1) is 6.58 Å². The normalized spacial score (nSPS) is 33.5. The Bertz CT molecular complexity index is 776. The highest BCUT2D eigenvalue weighted by Gasteiger charge is 2.77. The van der Waals surface area contributed by atoms with E-state index in [2.05, 4.69) is 29.4 Å². The number of alkyl halides is 1. The van der Waals surface area contributed by atoms with E-state index in [1.807, 2.05) is 13.8 Å². The number of carboxylic acids is 1. The number of nitrogens with zero attached hydrogens (tertiary/aromatic N) is 2. The number of halogens is 1. The molecule has 3 rings (SSSR count). The van der Waals surface area contributed by atoms with Crippen LogP contribution in [0, 0.1) is 17.8 Å². The molecule has 3 fully saturated rings. The molecule has 33 heavy (non-hydrogen) atoms. The number of unbranched alkanes of at least 4 members (excludes halogenated alkanes) is 2. The summed E-state index contributed by atoms with van der Waals surface area (Å²) in [4.78, 5) is 43.0. The van der Waals surface area contributed by atoms with Crippen molar-refractivity contribution in [3.05, 3.63) is 12.7 Å². The van der Waals surface area contributed by atoms with Crippen LogP contribution in [0.4, 0.5) is 0 Å². The van der Waals surface area contributed by atoms with Crippen molar-refractivity contribution >= 4 is 33.7 Å². The second-order valence-electron chi connectivity index (χ2n) is 9.99. The van der Waals surface area contributed by atoms with Crippen LogP contribution in [0.5, 0.6) is 0 Å². The fraction of sp³-hybridized carbons (Fsp3) is 0.792. The van der Waals surface area contributed by atoms with E-state index in [1.165, 1.54) is 4.90 Å². The van der Waals surface area contributed by atoms with Gasteiger partial charge in [0.05, 0.1) is 30.6 Å². The number of aliphatic hydroxyl groups is 1. The molecule has 2 amide bonds. The third-order valence-electron chi connectivity index (χ3n) is 7.29. The number of aliphatic carboxylic acids is 1. The number of aliphatic hydroxyl groups excluding tert-OH is 1. The van der Waals surface area contributed by atoms with Crippen LogP contribution in [0.2, 0.25) is 0 Å². The summed E-state index contributed by atoms with van der Waals surface area (Å²) in [6.07, 6.45) is 4.68. The summed E-state index contributed by atoms with van der Waals surface area (Å²) in [5, 5.41) is 20.2. The summed E-state index contributed by atoms with van der Waals surface area (Å²) < 4.78 is 6.31. The zero-order chi connectivity index (χ0) is 24.5. The molecule has 1 spiro atoms. The van der Waals surface area contributed by atoms with E-state index in [-0.39, 0.29) is 23.3 Å². The first-order valence-electron chi connectivity index (χ1n) is 12.0. The molecule has 2 bridgehead atoms. The largest absolute Gasteiger partial charge is 0.481 e. The fourth-order valence-electron chi connectivity index (χ4n) is 6.02. The average Bonchev–Trinajstić information content (AvgIpc) is 3.34. The van der Waals surface area contributed by atoms with E-state index in [0.29, 0.717) is 25.9 Å². The van der Waals surface area contributed by atoms with E-state index < -0.39 is 47.5 Å². The topological polar surface area (TPSA) is 107 Å². The van der Waals surface area contributed by atoms with E-state index >= 15 is 0 Å². The molecule has 0 aromatic rings. The number of carbonyl (C=O) groups is 3. The molecular formula is C24H37BrN2O6. The van der Waals surface area contributed by atoms with Gasteiger partial charge in [-0.05, 0) is 25.2 Å². The molecule has 0 saturated carbocycles. The Morgan fingerprint density at radius 3 is 2.64 bits per heavy atom. The minimum absolute atomic E-state index is 0.175. The summed E-state index contributed by atoms with van der Waals surface area (Å²) in [6, 6.07) is -1.56. The third kappa shape index (κ3) is 4.48. The molecule has 9 heteroatoms. The predicted octanol–water partition coefficient (Wildman–Crippen LogP) is 2.43. The molecule has 7 atom stereocenters. The van der Waals surface area contributed by atoms with Gasteiger partial charge in [-0.3, -0.25) is 14.4 Å². The lowest BCUT2D eigenvalue weighted by atomic mass is 9.70. The van der Waals surface area contributed by atoms with Crippen LogP contribution < -0.4 is 0 Å². The van der Waals surface area contributed by atoms with E-state index in [9.17, 15) is 24.6 Å². The van der Waals surface area contributed by atoms with E-state index in [1.54, 1.807) is 11.0 Å². The van der Waals surface area contributed by atoms with Gasteiger partial charge >= 0.3 is 5.97 Å². The molecule has 3 heterocycles. The lowest BCUT2D eigenvalue weighted by Crippen LogP contribution is -2.59. The molecule has 3 aliphatic rings. The van der Waals surface area contributed by atoms with Gasteiger partial charge in [-0.1, -0.05) is 55.6 Å². The van der Waals surface area contributed by atoms with Crippen LogP contribution in [-0.4, -0.2) is 86.1 Å². The first-order chi connectivity index (χ1) is 15.6. The molecule has 0 aromatic heterocycles. The van der Waals surface area contributed by atoms with Gasteiger partial charge < -0.3 is 24.7 Å². The van der Waals surface area contributed by atoms with Gasteiger partial charge in [0, 0.05) is 17.9 Å². The summed E-state index contributed by atoms with van der Waals surface area (Å²) in [5.74, 6) is -3.53. The summed E-state index contributed by atoms with van der Waals surface area (Å²) in [6.45, 7) is 10.4. The molecule has 1 unspecified atom stereocenters. The van der Waals surface area contributed by atoms with Crippen molar-refractivity contribution in [1.29, 1.82) is 0 Å². The van der Waals surface area contributed by atoms with Crippen LogP contribution in [-0.2, 0) is 19.1 Å². The fourth-order valence-corrected chi connectivity index (χ4v) is 6.96. The Hall–Kier alpha value is -1.45. The van der Waals surface area contributed by atoms with Crippen molar-refractivity contribution < 1.29 is 29.3 Å². The van der Waals surface area contributed by atoms with Crippen molar-refractivity contribution in [3.63, 3.8) is 0 Å². The van der Waals surface area contributed by atoms with E-state index in [0.717, 1.165) is 19.3 Å². The molecule has 8 nitrogen and oxygen atoms in total. The van der Waals surface area contributed by atoms with Gasteiger partial charge in [-0.25, -0.2) is 0 Å². The molecule has 3 saturated heterocycles. The van der Waals surface area contributed by atoms with Gasteiger partial charge in [0.2, 0.25) is 11.8 Å². The number of rotatable bonds is 12. The quantitative estimate of drug-likeness (QED) is 0.229. The highest BCUT2D eigenvalue weighted by molar-refractivity contribution is 9.09. The Morgan fingerprint density at radius 1 is 1.39 bits per heavy atom. The third-order valence-corrected chi connectivity index (χ3v) is 8.13. The first-order valence-corrected chi connectivity index (χ1v) is 12.9. The van der Waals surface area contributed by atoms with Crippen LogP contribution >= 0.6 is 15.9 Å². The maximum absolute atomic E-state index is 14.1. The maximum Gasteiger partial charge on any atom is 0.310 e. The molecule has 2 N–H and O–H groups in total. The Labute approximate surface area is 204 Å². The predicted molar refractivity (Wildman–Crippen MR) is 127 cm³/mol. The summed E-state index contributed by atoms with van der Waals surface area (Å²) in [7, 11) is 0. The van der Waals surface area contributed by atoms with Gasteiger partial charge in [0.1, 0.15) is 11.6 Å². The average molecular weight is 529 g/mol. The summed E-state index contributed by atoms with van der Waals surface area (Å²) in [5.41, 5.74) is -1.22. The molecule has 0 aromatic carbocycles. The Balaban J connectivity index is 2.07. The maximum atomic E-state index is 14.1. The summed E-state index contributed by atoms with van der Waals surface area (Å²) >= 11 is 3.56. The Kier molecular flexibility index (Phi) is 8.28. The second-order valence-corrected chi connectivity index (χ2v) is 11.2. The van der Waals surface area contributed by atoms with Crippen LogP contribution in [0.3, 0.4) is 0 Å². The SMILES string of the molecule is C=CCN(CCCCC)C(=O)[C@@H]1N([C@@H](CO)CC(C)C)C(=O)[C@H]2[C@H](C(=O)O)[C@H]3O[C@@]12CC3Br. The minimum Gasteiger partial charge on any atom is -0.481 e.